The van der Waals surface area contributed by atoms with Gasteiger partial charge in [0.25, 0.3) is 0 Å². The third-order valence-corrected chi connectivity index (χ3v) is 2.05. The van der Waals surface area contributed by atoms with Crippen LogP contribution in [-0.4, -0.2) is 37.6 Å². The fourth-order valence-electron chi connectivity index (χ4n) is 1.23. The maximum atomic E-state index is 11.2. The lowest BCUT2D eigenvalue weighted by Crippen LogP contribution is -2.34. The van der Waals surface area contributed by atoms with Gasteiger partial charge >= 0.3 is 6.09 Å². The van der Waals surface area contributed by atoms with Crippen molar-refractivity contribution in [3.63, 3.8) is 0 Å². The molecular weight excluding hydrogens is 222 g/mol. The van der Waals surface area contributed by atoms with Gasteiger partial charge in [0, 0.05) is 13.7 Å². The van der Waals surface area contributed by atoms with Crippen molar-refractivity contribution >= 4 is 6.09 Å². The van der Waals surface area contributed by atoms with Crippen LogP contribution in [0.5, 0.6) is 0 Å². The number of nitrogens with one attached hydrogen (secondary N) is 1. The molecule has 1 rings (SSSR count). The summed E-state index contributed by atoms with van der Waals surface area (Å²) in [4.78, 5) is 11.2. The molecule has 1 aromatic rings. The number of rotatable bonds is 6. The molecule has 0 aliphatic rings. The number of hydrogen-bond donors (Lipinski definition) is 2. The van der Waals surface area contributed by atoms with Gasteiger partial charge in [-0.2, -0.15) is 0 Å². The molecule has 0 saturated carbocycles. The number of alkyl carbamates (subject to hydrolysis) is 1. The van der Waals surface area contributed by atoms with Crippen LogP contribution in [0.4, 0.5) is 4.79 Å². The van der Waals surface area contributed by atoms with E-state index in [9.17, 15) is 9.90 Å². The second kappa shape index (κ2) is 7.65. The van der Waals surface area contributed by atoms with Gasteiger partial charge in [-0.3, -0.25) is 0 Å². The number of benzene rings is 1. The van der Waals surface area contributed by atoms with Gasteiger partial charge in [0.1, 0.15) is 6.61 Å². The molecular formula is C12H17NO4. The van der Waals surface area contributed by atoms with Crippen molar-refractivity contribution in [1.82, 2.24) is 5.32 Å². The maximum absolute atomic E-state index is 11.2. The molecule has 0 radical (unpaired) electrons. The molecule has 0 aliphatic carbocycles. The third kappa shape index (κ3) is 5.89. The van der Waals surface area contributed by atoms with E-state index in [0.717, 1.165) is 5.56 Å². The van der Waals surface area contributed by atoms with E-state index in [1.54, 1.807) is 0 Å². The number of aliphatic hydroxyl groups excluding tert-OH is 1. The highest BCUT2D eigenvalue weighted by molar-refractivity contribution is 5.67. The van der Waals surface area contributed by atoms with Gasteiger partial charge in [0.15, 0.2) is 0 Å². The van der Waals surface area contributed by atoms with E-state index in [1.165, 1.54) is 7.11 Å². The molecule has 0 aromatic heterocycles. The number of methoxy groups -OCH3 is 1. The molecule has 1 amide bonds. The molecule has 0 spiro atoms. The summed E-state index contributed by atoms with van der Waals surface area (Å²) in [6.07, 6.45) is -1.27. The number of ether oxygens (including phenoxy) is 2. The Labute approximate surface area is 100 Å². The van der Waals surface area contributed by atoms with E-state index in [-0.39, 0.29) is 19.8 Å². The van der Waals surface area contributed by atoms with E-state index in [1.807, 2.05) is 30.3 Å². The third-order valence-electron chi connectivity index (χ3n) is 2.05. The molecule has 5 nitrogen and oxygen atoms in total. The lowest BCUT2D eigenvalue weighted by Gasteiger charge is -2.11. The molecule has 5 heteroatoms. The van der Waals surface area contributed by atoms with E-state index < -0.39 is 12.2 Å². The molecule has 1 aromatic carbocycles. The zero-order valence-electron chi connectivity index (χ0n) is 9.76. The highest BCUT2D eigenvalue weighted by Gasteiger charge is 2.07. The van der Waals surface area contributed by atoms with Crippen LogP contribution in [0, 0.1) is 0 Å². The number of carbonyl (C=O) groups excluding carboxylic acids is 1. The second-order valence-corrected chi connectivity index (χ2v) is 3.55. The minimum absolute atomic E-state index is 0.113. The number of amides is 1. The Balaban J connectivity index is 2.17. The van der Waals surface area contributed by atoms with Crippen LogP contribution in [-0.2, 0) is 16.1 Å². The molecule has 0 heterocycles. The van der Waals surface area contributed by atoms with Crippen LogP contribution in [0.25, 0.3) is 0 Å². The zero-order chi connectivity index (χ0) is 12.5. The van der Waals surface area contributed by atoms with Gasteiger partial charge in [0.05, 0.1) is 12.7 Å². The SMILES string of the molecule is COC[C@H](O)CNC(=O)OCc1ccccc1. The maximum Gasteiger partial charge on any atom is 0.407 e. The molecule has 2 N–H and O–H groups in total. The highest BCUT2D eigenvalue weighted by atomic mass is 16.5. The van der Waals surface area contributed by atoms with Crippen LogP contribution in [0.2, 0.25) is 0 Å². The molecule has 17 heavy (non-hydrogen) atoms. The molecule has 0 fully saturated rings. The summed E-state index contributed by atoms with van der Waals surface area (Å²) in [7, 11) is 1.48. The van der Waals surface area contributed by atoms with E-state index in [2.05, 4.69) is 5.32 Å². The molecule has 0 bridgehead atoms. The Morgan fingerprint density at radius 1 is 1.41 bits per heavy atom. The summed E-state index contributed by atoms with van der Waals surface area (Å²) in [5.74, 6) is 0. The van der Waals surface area contributed by atoms with E-state index in [0.29, 0.717) is 0 Å². The van der Waals surface area contributed by atoms with Crippen molar-refractivity contribution in [2.24, 2.45) is 0 Å². The smallest absolute Gasteiger partial charge is 0.407 e. The van der Waals surface area contributed by atoms with Crippen LogP contribution in [0.15, 0.2) is 30.3 Å². The largest absolute Gasteiger partial charge is 0.445 e. The quantitative estimate of drug-likeness (QED) is 0.774. The van der Waals surface area contributed by atoms with Gasteiger partial charge in [-0.25, -0.2) is 4.79 Å². The first kappa shape index (κ1) is 13.5. The lowest BCUT2D eigenvalue weighted by atomic mass is 10.2. The zero-order valence-corrected chi connectivity index (χ0v) is 9.76. The monoisotopic (exact) mass is 239 g/mol. The Morgan fingerprint density at radius 2 is 2.12 bits per heavy atom. The van der Waals surface area contributed by atoms with Crippen molar-refractivity contribution in [3.05, 3.63) is 35.9 Å². The predicted molar refractivity (Wildman–Crippen MR) is 62.5 cm³/mol. The lowest BCUT2D eigenvalue weighted by molar-refractivity contribution is 0.0618. The number of aliphatic hydroxyl groups is 1. The summed E-state index contributed by atoms with van der Waals surface area (Å²) in [6, 6.07) is 9.38. The standard InChI is InChI=1S/C12H17NO4/c1-16-9-11(14)7-13-12(15)17-8-10-5-3-2-4-6-10/h2-6,11,14H,7-9H2,1H3,(H,13,15)/t11-/m1/s1. The molecule has 94 valence electrons. The van der Waals surface area contributed by atoms with Crippen LogP contribution in [0.1, 0.15) is 5.56 Å². The fraction of sp³-hybridized carbons (Fsp3) is 0.417. The van der Waals surface area contributed by atoms with Crippen LogP contribution >= 0.6 is 0 Å². The first-order chi connectivity index (χ1) is 8.22. The Hall–Kier alpha value is -1.59. The van der Waals surface area contributed by atoms with Gasteiger partial charge in [0.2, 0.25) is 0 Å². The molecule has 0 unspecified atom stereocenters. The van der Waals surface area contributed by atoms with Gasteiger partial charge in [-0.05, 0) is 5.56 Å². The van der Waals surface area contributed by atoms with Crippen molar-refractivity contribution in [2.75, 3.05) is 20.3 Å². The predicted octanol–water partition coefficient (Wildman–Crippen LogP) is 0.920. The second-order valence-electron chi connectivity index (χ2n) is 3.55. The minimum atomic E-state index is -0.718. The average molecular weight is 239 g/mol. The summed E-state index contributed by atoms with van der Waals surface area (Å²) in [5.41, 5.74) is 0.917. The Morgan fingerprint density at radius 3 is 2.76 bits per heavy atom. The molecule has 0 saturated heterocycles. The first-order valence-corrected chi connectivity index (χ1v) is 5.34. The number of hydrogen-bond acceptors (Lipinski definition) is 4. The van der Waals surface area contributed by atoms with E-state index >= 15 is 0 Å². The Kier molecular flexibility index (Phi) is 6.06. The topological polar surface area (TPSA) is 67.8 Å². The summed E-state index contributed by atoms with van der Waals surface area (Å²) < 4.78 is 9.68. The van der Waals surface area contributed by atoms with Crippen LogP contribution < -0.4 is 5.32 Å². The minimum Gasteiger partial charge on any atom is -0.445 e. The highest BCUT2D eigenvalue weighted by Crippen LogP contribution is 2.00. The van der Waals surface area contributed by atoms with Crippen LogP contribution in [0.3, 0.4) is 0 Å². The van der Waals surface area contributed by atoms with Crippen molar-refractivity contribution in [3.8, 4) is 0 Å². The normalized spacial score (nSPS) is 11.9. The van der Waals surface area contributed by atoms with Crippen molar-refractivity contribution in [1.29, 1.82) is 0 Å². The van der Waals surface area contributed by atoms with Gasteiger partial charge in [-0.15, -0.1) is 0 Å². The van der Waals surface area contributed by atoms with Gasteiger partial charge in [-0.1, -0.05) is 30.3 Å². The molecule has 1 atom stereocenters. The fourth-order valence-corrected chi connectivity index (χ4v) is 1.23. The van der Waals surface area contributed by atoms with Crippen molar-refractivity contribution < 1.29 is 19.4 Å². The molecule has 0 aliphatic heterocycles. The summed E-state index contributed by atoms with van der Waals surface area (Å²) in [6.45, 7) is 0.507. The first-order valence-electron chi connectivity index (χ1n) is 5.34. The van der Waals surface area contributed by atoms with Crippen molar-refractivity contribution in [2.45, 2.75) is 12.7 Å². The van der Waals surface area contributed by atoms with E-state index in [4.69, 9.17) is 9.47 Å². The average Bonchev–Trinajstić information content (AvgIpc) is 2.35. The summed E-state index contributed by atoms with van der Waals surface area (Å²) in [5, 5.41) is 11.7. The van der Waals surface area contributed by atoms with Gasteiger partial charge < -0.3 is 19.9 Å². The number of carbonyl (C=O) groups is 1. The Bertz CT molecular complexity index is 329. The summed E-state index contributed by atoms with van der Waals surface area (Å²) >= 11 is 0.